The molecule has 2 rings (SSSR count). The lowest BCUT2D eigenvalue weighted by molar-refractivity contribution is -0.146. The second-order valence-corrected chi connectivity index (χ2v) is 4.90. The van der Waals surface area contributed by atoms with Crippen LogP contribution < -0.4 is 4.74 Å². The first-order valence-corrected chi connectivity index (χ1v) is 7.74. The van der Waals surface area contributed by atoms with Crippen LogP contribution in [0.3, 0.4) is 0 Å². The van der Waals surface area contributed by atoms with Crippen LogP contribution in [0.15, 0.2) is 42.0 Å². The molecule has 0 saturated heterocycles. The van der Waals surface area contributed by atoms with Crippen molar-refractivity contribution in [3.05, 3.63) is 47.5 Å². The van der Waals surface area contributed by atoms with Crippen LogP contribution in [0.1, 0.15) is 19.4 Å². The lowest BCUT2D eigenvalue weighted by Crippen LogP contribution is -2.18. The molecule has 0 fully saturated rings. The van der Waals surface area contributed by atoms with E-state index in [1.807, 2.05) is 24.3 Å². The van der Waals surface area contributed by atoms with Gasteiger partial charge in [-0.25, -0.2) is 9.59 Å². The zero-order chi connectivity index (χ0) is 17.5. The number of hydrogen-bond donors (Lipinski definition) is 0. The van der Waals surface area contributed by atoms with Crippen molar-refractivity contribution in [1.29, 1.82) is 0 Å². The topological polar surface area (TPSA) is 61.8 Å². The Balaban J connectivity index is 2.58. The van der Waals surface area contributed by atoms with Gasteiger partial charge in [0.1, 0.15) is 11.3 Å². The molecule has 0 saturated carbocycles. The third-order valence-electron chi connectivity index (χ3n) is 3.43. The third-order valence-corrected chi connectivity index (χ3v) is 3.43. The lowest BCUT2D eigenvalue weighted by Gasteiger charge is -2.10. The van der Waals surface area contributed by atoms with E-state index in [-0.39, 0.29) is 18.8 Å². The molecule has 2 aromatic carbocycles. The van der Waals surface area contributed by atoms with Gasteiger partial charge in [0, 0.05) is 5.39 Å². The van der Waals surface area contributed by atoms with E-state index < -0.39 is 11.9 Å². The van der Waals surface area contributed by atoms with E-state index in [0.717, 1.165) is 16.5 Å². The Labute approximate surface area is 140 Å². The molecule has 0 bridgehead atoms. The summed E-state index contributed by atoms with van der Waals surface area (Å²) in [5.41, 5.74) is 0.580. The zero-order valence-electron chi connectivity index (χ0n) is 14.0. The van der Waals surface area contributed by atoms with Gasteiger partial charge >= 0.3 is 11.9 Å². The fourth-order valence-electron chi connectivity index (χ4n) is 2.37. The van der Waals surface area contributed by atoms with Gasteiger partial charge < -0.3 is 14.2 Å². The summed E-state index contributed by atoms with van der Waals surface area (Å²) >= 11 is 0. The van der Waals surface area contributed by atoms with Crippen LogP contribution in [0.25, 0.3) is 16.8 Å². The highest BCUT2D eigenvalue weighted by Crippen LogP contribution is 2.29. The van der Waals surface area contributed by atoms with Crippen molar-refractivity contribution in [2.45, 2.75) is 13.8 Å². The van der Waals surface area contributed by atoms with Gasteiger partial charge in [-0.2, -0.15) is 0 Å². The summed E-state index contributed by atoms with van der Waals surface area (Å²) in [6, 6.07) is 11.2. The van der Waals surface area contributed by atoms with Crippen molar-refractivity contribution in [1.82, 2.24) is 0 Å². The van der Waals surface area contributed by atoms with Gasteiger partial charge in [-0.15, -0.1) is 0 Å². The molecule has 0 unspecified atom stereocenters. The number of hydrogen-bond acceptors (Lipinski definition) is 5. The second-order valence-electron chi connectivity index (χ2n) is 4.90. The summed E-state index contributed by atoms with van der Waals surface area (Å²) in [7, 11) is 1.60. The molecule has 0 amide bonds. The van der Waals surface area contributed by atoms with E-state index in [1.165, 1.54) is 6.08 Å². The molecule has 5 heteroatoms. The summed E-state index contributed by atoms with van der Waals surface area (Å²) in [5, 5.41) is 1.75. The number of ether oxygens (including phenoxy) is 3. The normalized spacial score (nSPS) is 10.1. The Bertz CT molecular complexity index is 756. The number of esters is 2. The molecule has 0 aliphatic rings. The average Bonchev–Trinajstić information content (AvgIpc) is 2.59. The molecule has 0 radical (unpaired) electrons. The van der Waals surface area contributed by atoms with Crippen molar-refractivity contribution in [2.75, 3.05) is 20.3 Å². The quantitative estimate of drug-likeness (QED) is 0.352. The molecule has 2 aromatic rings. The second kappa shape index (κ2) is 8.15. The van der Waals surface area contributed by atoms with E-state index in [1.54, 1.807) is 33.1 Å². The SMILES string of the molecule is CCOC(=O)C(=Cc1ccc(OC)c2ccccc12)C(=O)OCC. The van der Waals surface area contributed by atoms with Gasteiger partial charge in [0.15, 0.2) is 0 Å². The molecule has 0 aliphatic heterocycles. The van der Waals surface area contributed by atoms with Crippen LogP contribution in [0.4, 0.5) is 0 Å². The molecular weight excluding hydrogens is 308 g/mol. The summed E-state index contributed by atoms with van der Waals surface area (Å²) in [6.07, 6.45) is 1.50. The largest absolute Gasteiger partial charge is 0.496 e. The van der Waals surface area contributed by atoms with Crippen molar-refractivity contribution in [3.8, 4) is 5.75 Å². The Morgan fingerprint density at radius 1 is 0.917 bits per heavy atom. The smallest absolute Gasteiger partial charge is 0.345 e. The summed E-state index contributed by atoms with van der Waals surface area (Å²) in [4.78, 5) is 24.2. The van der Waals surface area contributed by atoms with Crippen LogP contribution in [-0.4, -0.2) is 32.3 Å². The Hall–Kier alpha value is -2.82. The van der Waals surface area contributed by atoms with Gasteiger partial charge in [0.05, 0.1) is 20.3 Å². The minimum atomic E-state index is -0.698. The Morgan fingerprint density at radius 3 is 2.04 bits per heavy atom. The highest BCUT2D eigenvalue weighted by Gasteiger charge is 2.21. The average molecular weight is 328 g/mol. The van der Waals surface area contributed by atoms with Crippen molar-refractivity contribution in [2.24, 2.45) is 0 Å². The van der Waals surface area contributed by atoms with E-state index in [0.29, 0.717) is 5.56 Å². The van der Waals surface area contributed by atoms with Crippen LogP contribution in [0, 0.1) is 0 Å². The van der Waals surface area contributed by atoms with E-state index >= 15 is 0 Å². The minimum Gasteiger partial charge on any atom is -0.496 e. The van der Waals surface area contributed by atoms with E-state index in [9.17, 15) is 9.59 Å². The number of carbonyl (C=O) groups excluding carboxylic acids is 2. The van der Waals surface area contributed by atoms with Gasteiger partial charge in [0.25, 0.3) is 0 Å². The van der Waals surface area contributed by atoms with Crippen molar-refractivity contribution in [3.63, 3.8) is 0 Å². The van der Waals surface area contributed by atoms with E-state index in [2.05, 4.69) is 0 Å². The van der Waals surface area contributed by atoms with E-state index in [4.69, 9.17) is 14.2 Å². The number of fused-ring (bicyclic) bond motifs is 1. The summed E-state index contributed by atoms with van der Waals surface area (Å²) in [5.74, 6) is -0.678. The Morgan fingerprint density at radius 2 is 1.50 bits per heavy atom. The fraction of sp³-hybridized carbons (Fsp3) is 0.263. The maximum atomic E-state index is 12.1. The maximum Gasteiger partial charge on any atom is 0.345 e. The first-order chi connectivity index (χ1) is 11.6. The third kappa shape index (κ3) is 3.74. The Kier molecular flexibility index (Phi) is 5.95. The molecule has 0 aromatic heterocycles. The predicted molar refractivity (Wildman–Crippen MR) is 91.7 cm³/mol. The highest BCUT2D eigenvalue weighted by molar-refractivity contribution is 6.18. The van der Waals surface area contributed by atoms with Gasteiger partial charge in [0.2, 0.25) is 0 Å². The maximum absolute atomic E-state index is 12.1. The molecule has 0 aliphatic carbocycles. The van der Waals surface area contributed by atoms with Gasteiger partial charge in [-0.1, -0.05) is 30.3 Å². The fourth-order valence-corrected chi connectivity index (χ4v) is 2.37. The molecule has 24 heavy (non-hydrogen) atoms. The molecule has 0 N–H and O–H groups in total. The molecule has 0 spiro atoms. The molecule has 5 nitrogen and oxygen atoms in total. The molecule has 0 atom stereocenters. The number of rotatable bonds is 6. The van der Waals surface area contributed by atoms with Crippen LogP contribution in [-0.2, 0) is 19.1 Å². The predicted octanol–water partition coefficient (Wildman–Crippen LogP) is 3.36. The van der Waals surface area contributed by atoms with Crippen LogP contribution in [0.5, 0.6) is 5.75 Å². The molecule has 0 heterocycles. The van der Waals surface area contributed by atoms with Crippen LogP contribution in [0.2, 0.25) is 0 Å². The first-order valence-electron chi connectivity index (χ1n) is 7.74. The molecule has 126 valence electrons. The molecular formula is C19H20O5. The van der Waals surface area contributed by atoms with Crippen LogP contribution >= 0.6 is 0 Å². The van der Waals surface area contributed by atoms with Gasteiger partial charge in [-0.3, -0.25) is 0 Å². The van der Waals surface area contributed by atoms with Crippen molar-refractivity contribution >= 4 is 28.8 Å². The lowest BCUT2D eigenvalue weighted by atomic mass is 10.0. The first kappa shape index (κ1) is 17.5. The summed E-state index contributed by atoms with van der Waals surface area (Å²) in [6.45, 7) is 3.73. The standard InChI is InChI=1S/C19H20O5/c1-4-23-18(20)16(19(21)24-5-2)12-13-10-11-17(22-3)15-9-7-6-8-14(13)15/h6-12H,4-5H2,1-3H3. The monoisotopic (exact) mass is 328 g/mol. The minimum absolute atomic E-state index is 0.131. The number of methoxy groups -OCH3 is 1. The van der Waals surface area contributed by atoms with Gasteiger partial charge in [-0.05, 0) is 36.9 Å². The van der Waals surface area contributed by atoms with Crippen molar-refractivity contribution < 1.29 is 23.8 Å². The number of carbonyl (C=O) groups is 2. The number of benzene rings is 2. The summed E-state index contributed by atoms with van der Waals surface area (Å²) < 4.78 is 15.3. The highest BCUT2D eigenvalue weighted by atomic mass is 16.6. The zero-order valence-corrected chi connectivity index (χ0v) is 14.0.